The molecule has 0 fully saturated rings. The molecular formula is C13H18BrClN2O2. The molecule has 0 saturated carbocycles. The molecule has 0 heterocycles. The lowest BCUT2D eigenvalue weighted by atomic mass is 10.2. The molecule has 0 bridgehead atoms. The van der Waals surface area contributed by atoms with Gasteiger partial charge >= 0.3 is 0 Å². The highest BCUT2D eigenvalue weighted by Crippen LogP contribution is 2.20. The largest absolute Gasteiger partial charge is 0.378 e. The molecule has 6 heteroatoms. The summed E-state index contributed by atoms with van der Waals surface area (Å²) in [5.41, 5.74) is 0.462. The lowest BCUT2D eigenvalue weighted by Gasteiger charge is -2.10. The van der Waals surface area contributed by atoms with Gasteiger partial charge in [-0.1, -0.05) is 27.5 Å². The van der Waals surface area contributed by atoms with E-state index in [1.807, 2.05) is 19.0 Å². The van der Waals surface area contributed by atoms with Crippen molar-refractivity contribution >= 4 is 33.4 Å². The van der Waals surface area contributed by atoms with Crippen LogP contribution in [0.25, 0.3) is 0 Å². The minimum absolute atomic E-state index is 0.192. The van der Waals surface area contributed by atoms with Gasteiger partial charge in [-0.3, -0.25) is 4.79 Å². The third kappa shape index (κ3) is 6.38. The predicted molar refractivity (Wildman–Crippen MR) is 80.9 cm³/mol. The van der Waals surface area contributed by atoms with E-state index in [-0.39, 0.29) is 5.91 Å². The maximum Gasteiger partial charge on any atom is 0.252 e. The first-order valence-electron chi connectivity index (χ1n) is 5.96. The minimum Gasteiger partial charge on any atom is -0.378 e. The van der Waals surface area contributed by atoms with Gasteiger partial charge < -0.3 is 15.0 Å². The summed E-state index contributed by atoms with van der Waals surface area (Å²) >= 11 is 9.28. The fraction of sp³-hybridized carbons (Fsp3) is 0.462. The van der Waals surface area contributed by atoms with Crippen LogP contribution in [0.4, 0.5) is 0 Å². The van der Waals surface area contributed by atoms with Crippen LogP contribution < -0.4 is 5.32 Å². The van der Waals surface area contributed by atoms with Gasteiger partial charge in [-0.15, -0.1) is 0 Å². The maximum absolute atomic E-state index is 11.9. The van der Waals surface area contributed by atoms with Gasteiger partial charge in [-0.05, 0) is 32.3 Å². The molecule has 0 aliphatic rings. The highest BCUT2D eigenvalue weighted by atomic mass is 79.9. The highest BCUT2D eigenvalue weighted by molar-refractivity contribution is 9.10. The number of nitrogens with one attached hydrogen (secondary N) is 1. The lowest BCUT2D eigenvalue weighted by molar-refractivity contribution is 0.0900. The van der Waals surface area contributed by atoms with Gasteiger partial charge in [-0.25, -0.2) is 0 Å². The number of hydrogen-bond donors (Lipinski definition) is 1. The number of benzene rings is 1. The summed E-state index contributed by atoms with van der Waals surface area (Å²) in [4.78, 5) is 13.9. The number of carbonyl (C=O) groups excluding carboxylic acids is 1. The summed E-state index contributed by atoms with van der Waals surface area (Å²) in [6.45, 7) is 2.48. The Morgan fingerprint density at radius 3 is 2.84 bits per heavy atom. The molecule has 0 aliphatic heterocycles. The van der Waals surface area contributed by atoms with Crippen LogP contribution in [0.5, 0.6) is 0 Å². The number of amides is 1. The average molecular weight is 350 g/mol. The first-order chi connectivity index (χ1) is 9.00. The van der Waals surface area contributed by atoms with E-state index in [9.17, 15) is 4.79 Å². The molecule has 4 nitrogen and oxygen atoms in total. The van der Waals surface area contributed by atoms with E-state index in [1.165, 1.54) is 0 Å². The van der Waals surface area contributed by atoms with E-state index < -0.39 is 0 Å². The van der Waals surface area contributed by atoms with Crippen molar-refractivity contribution < 1.29 is 9.53 Å². The maximum atomic E-state index is 11.9. The van der Waals surface area contributed by atoms with Crippen molar-refractivity contribution in [2.24, 2.45) is 0 Å². The second-order valence-corrected chi connectivity index (χ2v) is 5.62. The van der Waals surface area contributed by atoms with Gasteiger partial charge in [0.2, 0.25) is 0 Å². The smallest absolute Gasteiger partial charge is 0.252 e. The Balaban J connectivity index is 2.29. The van der Waals surface area contributed by atoms with E-state index in [4.69, 9.17) is 16.3 Å². The van der Waals surface area contributed by atoms with Gasteiger partial charge in [0.25, 0.3) is 5.91 Å². The fourth-order valence-corrected chi connectivity index (χ4v) is 1.92. The van der Waals surface area contributed by atoms with Crippen LogP contribution in [0.1, 0.15) is 10.4 Å². The first kappa shape index (κ1) is 16.4. The molecule has 0 spiro atoms. The van der Waals surface area contributed by atoms with E-state index in [0.717, 1.165) is 11.0 Å². The zero-order chi connectivity index (χ0) is 14.3. The van der Waals surface area contributed by atoms with Crippen LogP contribution in [0, 0.1) is 0 Å². The van der Waals surface area contributed by atoms with E-state index in [0.29, 0.717) is 30.3 Å². The monoisotopic (exact) mass is 348 g/mol. The number of likely N-dealkylation sites (N-methyl/N-ethyl adjacent to an activating group) is 1. The summed E-state index contributed by atoms with van der Waals surface area (Å²) in [5.74, 6) is -0.192. The Bertz CT molecular complexity index is 427. The Morgan fingerprint density at radius 2 is 2.16 bits per heavy atom. The van der Waals surface area contributed by atoms with Crippen molar-refractivity contribution in [3.05, 3.63) is 33.3 Å². The quantitative estimate of drug-likeness (QED) is 0.769. The number of halogens is 2. The summed E-state index contributed by atoms with van der Waals surface area (Å²) in [5, 5.41) is 3.21. The van der Waals surface area contributed by atoms with Crippen molar-refractivity contribution in [2.75, 3.05) is 40.4 Å². The molecule has 106 valence electrons. The van der Waals surface area contributed by atoms with Crippen LogP contribution in [0.3, 0.4) is 0 Å². The molecule has 1 N–H and O–H groups in total. The van der Waals surface area contributed by atoms with Gasteiger partial charge in [0, 0.05) is 17.6 Å². The van der Waals surface area contributed by atoms with Crippen molar-refractivity contribution in [1.82, 2.24) is 10.2 Å². The zero-order valence-electron chi connectivity index (χ0n) is 11.1. The summed E-state index contributed by atoms with van der Waals surface area (Å²) < 4.78 is 6.21. The van der Waals surface area contributed by atoms with Crippen molar-refractivity contribution in [3.8, 4) is 0 Å². The Kier molecular flexibility index (Phi) is 7.38. The molecule has 0 radical (unpaired) electrons. The third-order valence-electron chi connectivity index (χ3n) is 2.39. The standard InChI is InChI=1S/C13H18BrClN2O2/c1-17(2)6-8-19-7-5-16-13(18)11-9-10(14)3-4-12(11)15/h3-4,9H,5-8H2,1-2H3,(H,16,18). The lowest BCUT2D eigenvalue weighted by Crippen LogP contribution is -2.28. The second-order valence-electron chi connectivity index (χ2n) is 4.30. The van der Waals surface area contributed by atoms with Crippen molar-refractivity contribution in [2.45, 2.75) is 0 Å². The third-order valence-corrected chi connectivity index (χ3v) is 3.21. The Hall–Kier alpha value is -0.620. The molecule has 0 unspecified atom stereocenters. The average Bonchev–Trinajstić information content (AvgIpc) is 2.36. The normalized spacial score (nSPS) is 10.8. The molecule has 1 aromatic rings. The van der Waals surface area contributed by atoms with Crippen LogP contribution in [0.15, 0.2) is 22.7 Å². The molecule has 0 aromatic heterocycles. The van der Waals surface area contributed by atoms with E-state index in [1.54, 1.807) is 18.2 Å². The second kappa shape index (κ2) is 8.53. The SMILES string of the molecule is CN(C)CCOCCNC(=O)c1cc(Br)ccc1Cl. The summed E-state index contributed by atoms with van der Waals surface area (Å²) in [6, 6.07) is 5.18. The van der Waals surface area contributed by atoms with Gasteiger partial charge in [0.15, 0.2) is 0 Å². The zero-order valence-corrected chi connectivity index (χ0v) is 13.4. The topological polar surface area (TPSA) is 41.6 Å². The van der Waals surface area contributed by atoms with E-state index >= 15 is 0 Å². The predicted octanol–water partition coefficient (Wildman–Crippen LogP) is 2.41. The van der Waals surface area contributed by atoms with Crippen molar-refractivity contribution in [1.29, 1.82) is 0 Å². The minimum atomic E-state index is -0.192. The molecular weight excluding hydrogens is 332 g/mol. The number of hydrogen-bond acceptors (Lipinski definition) is 3. The molecule has 19 heavy (non-hydrogen) atoms. The van der Waals surface area contributed by atoms with Crippen LogP contribution in [-0.4, -0.2) is 51.2 Å². The molecule has 1 rings (SSSR count). The summed E-state index contributed by atoms with van der Waals surface area (Å²) in [7, 11) is 3.97. The summed E-state index contributed by atoms with van der Waals surface area (Å²) in [6.07, 6.45) is 0. The van der Waals surface area contributed by atoms with Gasteiger partial charge in [-0.2, -0.15) is 0 Å². The molecule has 1 amide bonds. The molecule has 1 aromatic carbocycles. The van der Waals surface area contributed by atoms with Gasteiger partial charge in [0.1, 0.15) is 0 Å². The molecule has 0 atom stereocenters. The molecule has 0 saturated heterocycles. The first-order valence-corrected chi connectivity index (χ1v) is 7.13. The van der Waals surface area contributed by atoms with Crippen LogP contribution >= 0.6 is 27.5 Å². The van der Waals surface area contributed by atoms with Crippen molar-refractivity contribution in [3.63, 3.8) is 0 Å². The number of carbonyl (C=O) groups is 1. The number of rotatable bonds is 7. The Labute approximate surface area is 127 Å². The van der Waals surface area contributed by atoms with E-state index in [2.05, 4.69) is 21.2 Å². The molecule has 0 aliphatic carbocycles. The highest BCUT2D eigenvalue weighted by Gasteiger charge is 2.09. The Morgan fingerprint density at radius 1 is 1.42 bits per heavy atom. The van der Waals surface area contributed by atoms with Crippen LogP contribution in [0.2, 0.25) is 5.02 Å². The van der Waals surface area contributed by atoms with Crippen LogP contribution in [-0.2, 0) is 4.74 Å². The number of nitrogens with zero attached hydrogens (tertiary/aromatic N) is 1. The number of ether oxygens (including phenoxy) is 1. The fourth-order valence-electron chi connectivity index (χ4n) is 1.35. The van der Waals surface area contributed by atoms with Gasteiger partial charge in [0.05, 0.1) is 23.8 Å².